The number of ether oxygens (including phenoxy) is 2. The number of benzene rings is 2. The number of hydrogen-bond acceptors (Lipinski definition) is 8. The molecule has 1 fully saturated rings. The van der Waals surface area contributed by atoms with E-state index in [1.807, 2.05) is 24.3 Å². The summed E-state index contributed by atoms with van der Waals surface area (Å²) in [5.41, 5.74) is 2.36. The maximum absolute atomic E-state index is 10.4. The van der Waals surface area contributed by atoms with Crippen LogP contribution in [-0.4, -0.2) is 61.4 Å². The Labute approximate surface area is 189 Å². The van der Waals surface area contributed by atoms with Crippen LogP contribution in [0.5, 0.6) is 11.6 Å². The van der Waals surface area contributed by atoms with Crippen LogP contribution in [0.15, 0.2) is 61.1 Å². The van der Waals surface area contributed by atoms with Crippen LogP contribution in [-0.2, 0) is 11.2 Å². The van der Waals surface area contributed by atoms with Gasteiger partial charge in [-0.1, -0.05) is 35.9 Å². The van der Waals surface area contributed by atoms with E-state index in [0.29, 0.717) is 28.6 Å². The average Bonchev–Trinajstić information content (AvgIpc) is 2.81. The number of rotatable bonds is 6. The Balaban J connectivity index is 1.50. The SMILES string of the molecule is OC[C@H]1O[C@@H](c2ccc(Cl)c(Cc3ccc(Oc4ccncn4)cc3)c2)[C@H](O)[C@@H](O)[C@@H]1O. The van der Waals surface area contributed by atoms with Crippen molar-refractivity contribution in [3.63, 3.8) is 0 Å². The Morgan fingerprint density at radius 2 is 1.75 bits per heavy atom. The van der Waals surface area contributed by atoms with Crippen LogP contribution >= 0.6 is 11.6 Å². The molecular formula is C23H23ClN2O6. The monoisotopic (exact) mass is 458 g/mol. The van der Waals surface area contributed by atoms with Crippen molar-refractivity contribution in [3.8, 4) is 11.6 Å². The van der Waals surface area contributed by atoms with Gasteiger partial charge in [-0.2, -0.15) is 0 Å². The molecule has 1 aromatic heterocycles. The first-order valence-electron chi connectivity index (χ1n) is 10.1. The van der Waals surface area contributed by atoms with E-state index in [1.165, 1.54) is 6.33 Å². The van der Waals surface area contributed by atoms with Crippen LogP contribution < -0.4 is 4.74 Å². The highest BCUT2D eigenvalue weighted by Gasteiger charge is 2.44. The first-order chi connectivity index (χ1) is 15.5. The quantitative estimate of drug-likeness (QED) is 0.442. The van der Waals surface area contributed by atoms with Gasteiger partial charge < -0.3 is 29.9 Å². The Hall–Kier alpha value is -2.59. The summed E-state index contributed by atoms with van der Waals surface area (Å²) in [6, 6.07) is 14.3. The second kappa shape index (κ2) is 9.91. The third-order valence-electron chi connectivity index (χ3n) is 5.39. The minimum absolute atomic E-state index is 0.447. The minimum atomic E-state index is -1.44. The summed E-state index contributed by atoms with van der Waals surface area (Å²) in [6.45, 7) is -0.481. The summed E-state index contributed by atoms with van der Waals surface area (Å²) in [6.07, 6.45) is -2.55. The lowest BCUT2D eigenvalue weighted by atomic mass is 9.90. The Morgan fingerprint density at radius 3 is 2.44 bits per heavy atom. The lowest BCUT2D eigenvalue weighted by molar-refractivity contribution is -0.231. The molecule has 1 aliphatic heterocycles. The molecule has 9 heteroatoms. The molecule has 0 aliphatic carbocycles. The number of aromatic nitrogens is 2. The molecule has 0 radical (unpaired) electrons. The van der Waals surface area contributed by atoms with Gasteiger partial charge in [-0.3, -0.25) is 0 Å². The molecular weight excluding hydrogens is 436 g/mol. The van der Waals surface area contributed by atoms with Crippen molar-refractivity contribution in [3.05, 3.63) is 82.8 Å². The van der Waals surface area contributed by atoms with Crippen molar-refractivity contribution in [2.45, 2.75) is 36.9 Å². The number of hydrogen-bond donors (Lipinski definition) is 4. The molecule has 2 heterocycles. The number of nitrogens with zero attached hydrogens (tertiary/aromatic N) is 2. The van der Waals surface area contributed by atoms with Crippen molar-refractivity contribution in [2.75, 3.05) is 6.61 Å². The van der Waals surface area contributed by atoms with Gasteiger partial charge in [0.05, 0.1) is 6.61 Å². The highest BCUT2D eigenvalue weighted by atomic mass is 35.5. The van der Waals surface area contributed by atoms with E-state index in [1.54, 1.807) is 30.5 Å². The van der Waals surface area contributed by atoms with E-state index in [2.05, 4.69) is 9.97 Å². The normalized spacial score (nSPS) is 25.5. The van der Waals surface area contributed by atoms with E-state index in [-0.39, 0.29) is 0 Å². The smallest absolute Gasteiger partial charge is 0.222 e. The topological polar surface area (TPSA) is 125 Å². The highest BCUT2D eigenvalue weighted by Crippen LogP contribution is 2.34. The van der Waals surface area contributed by atoms with Gasteiger partial charge in [0.1, 0.15) is 42.6 Å². The van der Waals surface area contributed by atoms with Gasteiger partial charge in [-0.05, 0) is 41.3 Å². The van der Waals surface area contributed by atoms with Crippen molar-refractivity contribution in [2.24, 2.45) is 0 Å². The molecule has 8 nitrogen and oxygen atoms in total. The minimum Gasteiger partial charge on any atom is -0.439 e. The van der Waals surface area contributed by atoms with Crippen LogP contribution in [0.1, 0.15) is 22.8 Å². The lowest BCUT2D eigenvalue weighted by Crippen LogP contribution is -2.55. The summed E-state index contributed by atoms with van der Waals surface area (Å²) in [5, 5.41) is 40.4. The molecule has 2 aromatic carbocycles. The molecule has 0 unspecified atom stereocenters. The van der Waals surface area contributed by atoms with Crippen LogP contribution in [0.3, 0.4) is 0 Å². The first kappa shape index (κ1) is 22.6. The molecule has 0 spiro atoms. The average molecular weight is 459 g/mol. The lowest BCUT2D eigenvalue weighted by Gasteiger charge is -2.40. The van der Waals surface area contributed by atoms with Gasteiger partial charge in [0.15, 0.2) is 0 Å². The van der Waals surface area contributed by atoms with Crippen LogP contribution in [0, 0.1) is 0 Å². The summed E-state index contributed by atoms with van der Waals surface area (Å²) < 4.78 is 11.3. The zero-order valence-electron chi connectivity index (χ0n) is 17.0. The van der Waals surface area contributed by atoms with Gasteiger partial charge in [0.2, 0.25) is 5.88 Å². The van der Waals surface area contributed by atoms with Crippen molar-refractivity contribution in [1.29, 1.82) is 0 Å². The van der Waals surface area contributed by atoms with Gasteiger partial charge >= 0.3 is 0 Å². The molecule has 32 heavy (non-hydrogen) atoms. The van der Waals surface area contributed by atoms with E-state index in [4.69, 9.17) is 21.1 Å². The zero-order valence-corrected chi connectivity index (χ0v) is 17.7. The fraction of sp³-hybridized carbons (Fsp3) is 0.304. The van der Waals surface area contributed by atoms with Gasteiger partial charge in [-0.25, -0.2) is 9.97 Å². The second-order valence-electron chi connectivity index (χ2n) is 7.57. The largest absolute Gasteiger partial charge is 0.439 e. The third kappa shape index (κ3) is 4.91. The van der Waals surface area contributed by atoms with E-state index in [0.717, 1.165) is 11.1 Å². The standard InChI is InChI=1S/C23H23ClN2O6/c24-17-6-3-14(23-22(30)21(29)20(28)18(11-27)32-23)10-15(17)9-13-1-4-16(5-2-13)31-19-7-8-25-12-26-19/h1-8,10,12,18,20-23,27-30H,9,11H2/t18-,20-,21+,22-,23+/m1/s1. The fourth-order valence-electron chi connectivity index (χ4n) is 3.64. The predicted octanol–water partition coefficient (Wildman–Crippen LogP) is 2.03. The summed E-state index contributed by atoms with van der Waals surface area (Å²) in [7, 11) is 0. The molecule has 168 valence electrons. The third-order valence-corrected chi connectivity index (χ3v) is 5.75. The molecule has 1 saturated heterocycles. The molecule has 0 bridgehead atoms. The van der Waals surface area contributed by atoms with Gasteiger partial charge in [0.25, 0.3) is 0 Å². The molecule has 0 saturated carbocycles. The van der Waals surface area contributed by atoms with Crippen molar-refractivity contribution in [1.82, 2.24) is 9.97 Å². The number of halogens is 1. The maximum atomic E-state index is 10.4. The predicted molar refractivity (Wildman–Crippen MR) is 116 cm³/mol. The summed E-state index contributed by atoms with van der Waals surface area (Å²) in [5.74, 6) is 1.08. The highest BCUT2D eigenvalue weighted by molar-refractivity contribution is 6.31. The van der Waals surface area contributed by atoms with Gasteiger partial charge in [0, 0.05) is 17.3 Å². The summed E-state index contributed by atoms with van der Waals surface area (Å²) >= 11 is 6.40. The molecule has 4 N–H and O–H groups in total. The molecule has 3 aromatic rings. The van der Waals surface area contributed by atoms with Crippen LogP contribution in [0.2, 0.25) is 5.02 Å². The van der Waals surface area contributed by atoms with Crippen LogP contribution in [0.25, 0.3) is 0 Å². The number of aliphatic hydroxyl groups is 4. The maximum Gasteiger partial charge on any atom is 0.222 e. The molecule has 1 aliphatic rings. The summed E-state index contributed by atoms with van der Waals surface area (Å²) in [4.78, 5) is 7.88. The Morgan fingerprint density at radius 1 is 0.969 bits per heavy atom. The first-order valence-corrected chi connectivity index (χ1v) is 10.5. The van der Waals surface area contributed by atoms with Crippen LogP contribution in [0.4, 0.5) is 0 Å². The molecule has 0 amide bonds. The van der Waals surface area contributed by atoms with E-state index in [9.17, 15) is 20.4 Å². The van der Waals surface area contributed by atoms with Crippen molar-refractivity contribution < 1.29 is 29.9 Å². The Kier molecular flexibility index (Phi) is 7.00. The number of aliphatic hydroxyl groups excluding tert-OH is 4. The zero-order chi connectivity index (χ0) is 22.7. The fourth-order valence-corrected chi connectivity index (χ4v) is 3.82. The molecule has 4 rings (SSSR count). The molecule has 5 atom stereocenters. The van der Waals surface area contributed by atoms with Gasteiger partial charge in [-0.15, -0.1) is 0 Å². The van der Waals surface area contributed by atoms with Crippen molar-refractivity contribution >= 4 is 11.6 Å². The Bertz CT molecular complexity index is 1030. The second-order valence-corrected chi connectivity index (χ2v) is 7.98. The van der Waals surface area contributed by atoms with E-state index < -0.39 is 37.1 Å². The van der Waals surface area contributed by atoms with E-state index >= 15 is 0 Å².